The summed E-state index contributed by atoms with van der Waals surface area (Å²) in [6, 6.07) is 7.91. The normalized spacial score (nSPS) is 14.3. The minimum atomic E-state index is -0.940. The number of nitrogens with one attached hydrogen (secondary N) is 1. The molecule has 0 saturated heterocycles. The lowest BCUT2D eigenvalue weighted by molar-refractivity contribution is -0.122. The molecule has 19 heavy (non-hydrogen) atoms. The number of hydrogen-bond acceptors (Lipinski definition) is 2. The molecule has 102 valence electrons. The average molecular weight is 262 g/mol. The van der Waals surface area contributed by atoms with Crippen LogP contribution in [0.2, 0.25) is 0 Å². The summed E-state index contributed by atoms with van der Waals surface area (Å²) in [6.07, 6.45) is 0.133. The third-order valence-electron chi connectivity index (χ3n) is 3.39. The molecule has 0 aliphatic carbocycles. The van der Waals surface area contributed by atoms with E-state index in [-0.39, 0.29) is 23.6 Å². The van der Waals surface area contributed by atoms with Gasteiger partial charge in [-0.1, -0.05) is 32.9 Å². The van der Waals surface area contributed by atoms with Crippen LogP contribution in [0.4, 0.5) is 4.39 Å². The fourth-order valence-corrected chi connectivity index (χ4v) is 1.49. The Balaban J connectivity index is 2.75. The number of amides is 1. The van der Waals surface area contributed by atoms with Crippen molar-refractivity contribution in [3.05, 3.63) is 35.6 Å². The van der Waals surface area contributed by atoms with Gasteiger partial charge in [-0.3, -0.25) is 4.79 Å². The molecule has 1 N–H and O–H groups in total. The summed E-state index contributed by atoms with van der Waals surface area (Å²) in [4.78, 5) is 12.0. The Morgan fingerprint density at radius 2 is 1.79 bits per heavy atom. The Labute approximate surface area is 113 Å². The first-order valence-corrected chi connectivity index (χ1v) is 6.15. The summed E-state index contributed by atoms with van der Waals surface area (Å²) < 4.78 is 12.8. The average Bonchev–Trinajstić information content (AvgIpc) is 2.30. The lowest BCUT2D eigenvalue weighted by Gasteiger charge is -2.36. The molecule has 3 nitrogen and oxygen atoms in total. The molecule has 0 radical (unpaired) electrons. The Hall–Kier alpha value is -1.89. The van der Waals surface area contributed by atoms with Crippen molar-refractivity contribution < 1.29 is 9.18 Å². The molecule has 0 bridgehead atoms. The highest BCUT2D eigenvalue weighted by Gasteiger charge is 2.38. The van der Waals surface area contributed by atoms with E-state index in [0.29, 0.717) is 5.56 Å². The Bertz CT molecular complexity index is 496. The molecule has 1 atom stereocenters. The Kier molecular flexibility index (Phi) is 4.31. The second-order valence-corrected chi connectivity index (χ2v) is 5.84. The fourth-order valence-electron chi connectivity index (χ4n) is 1.49. The van der Waals surface area contributed by atoms with Crippen LogP contribution < -0.4 is 5.32 Å². The predicted octanol–water partition coefficient (Wildman–Crippen LogP) is 2.81. The maximum Gasteiger partial charge on any atom is 0.225 e. The van der Waals surface area contributed by atoms with Gasteiger partial charge in [0.25, 0.3) is 0 Å². The van der Waals surface area contributed by atoms with Gasteiger partial charge in [0.05, 0.1) is 12.5 Å². The maximum atomic E-state index is 12.8. The summed E-state index contributed by atoms with van der Waals surface area (Å²) in [7, 11) is 0. The number of halogens is 1. The third-order valence-corrected chi connectivity index (χ3v) is 3.39. The molecule has 0 aliphatic rings. The first-order chi connectivity index (χ1) is 8.68. The molecule has 1 aromatic carbocycles. The number of carbonyl (C=O) groups is 1. The molecule has 0 heterocycles. The Morgan fingerprint density at radius 1 is 1.26 bits per heavy atom. The number of nitrogens with zero attached hydrogens (tertiary/aromatic N) is 1. The minimum absolute atomic E-state index is 0.133. The van der Waals surface area contributed by atoms with Gasteiger partial charge in [0.1, 0.15) is 11.4 Å². The zero-order valence-electron chi connectivity index (χ0n) is 11.7. The van der Waals surface area contributed by atoms with Crippen molar-refractivity contribution in [1.29, 1.82) is 5.26 Å². The third kappa shape index (κ3) is 3.78. The first kappa shape index (κ1) is 15.2. The van der Waals surface area contributed by atoms with E-state index in [1.54, 1.807) is 19.1 Å². The molecule has 0 saturated carbocycles. The molecule has 0 aromatic heterocycles. The summed E-state index contributed by atoms with van der Waals surface area (Å²) in [6.45, 7) is 7.40. The number of rotatable bonds is 3. The number of benzene rings is 1. The molecule has 0 aliphatic heterocycles. The van der Waals surface area contributed by atoms with Crippen molar-refractivity contribution in [2.75, 3.05) is 0 Å². The monoisotopic (exact) mass is 262 g/mol. The van der Waals surface area contributed by atoms with Gasteiger partial charge in [-0.2, -0.15) is 5.26 Å². The molecule has 1 aromatic rings. The van der Waals surface area contributed by atoms with Crippen LogP contribution in [0, 0.1) is 22.6 Å². The van der Waals surface area contributed by atoms with E-state index in [9.17, 15) is 14.4 Å². The van der Waals surface area contributed by atoms with E-state index < -0.39 is 5.54 Å². The van der Waals surface area contributed by atoms with Crippen LogP contribution in [0.3, 0.4) is 0 Å². The summed E-state index contributed by atoms with van der Waals surface area (Å²) >= 11 is 0. The molecular weight excluding hydrogens is 243 g/mol. The van der Waals surface area contributed by atoms with Gasteiger partial charge in [-0.15, -0.1) is 0 Å². The van der Waals surface area contributed by atoms with Crippen LogP contribution in [0.25, 0.3) is 0 Å². The molecule has 0 unspecified atom stereocenters. The quantitative estimate of drug-likeness (QED) is 0.910. The lowest BCUT2D eigenvalue weighted by atomic mass is 9.76. The van der Waals surface area contributed by atoms with Gasteiger partial charge in [0.15, 0.2) is 0 Å². The number of hydrogen-bond donors (Lipinski definition) is 1. The van der Waals surface area contributed by atoms with Gasteiger partial charge < -0.3 is 5.32 Å². The Morgan fingerprint density at radius 3 is 2.21 bits per heavy atom. The highest BCUT2D eigenvalue weighted by molar-refractivity contribution is 5.79. The second-order valence-electron chi connectivity index (χ2n) is 5.84. The van der Waals surface area contributed by atoms with Crippen LogP contribution >= 0.6 is 0 Å². The zero-order valence-corrected chi connectivity index (χ0v) is 11.7. The van der Waals surface area contributed by atoms with E-state index in [4.69, 9.17) is 0 Å². The van der Waals surface area contributed by atoms with E-state index >= 15 is 0 Å². The van der Waals surface area contributed by atoms with Crippen molar-refractivity contribution >= 4 is 5.91 Å². The van der Waals surface area contributed by atoms with Crippen molar-refractivity contribution in [3.63, 3.8) is 0 Å². The van der Waals surface area contributed by atoms with Gasteiger partial charge in [0, 0.05) is 0 Å². The lowest BCUT2D eigenvalue weighted by Crippen LogP contribution is -2.54. The van der Waals surface area contributed by atoms with Crippen LogP contribution in [-0.2, 0) is 11.2 Å². The summed E-state index contributed by atoms with van der Waals surface area (Å²) in [5.41, 5.74) is -0.599. The molecule has 1 amide bonds. The number of nitriles is 1. The zero-order chi connectivity index (χ0) is 14.7. The maximum absolute atomic E-state index is 12.8. The van der Waals surface area contributed by atoms with Gasteiger partial charge >= 0.3 is 0 Å². The molecule has 4 heteroatoms. The smallest absolute Gasteiger partial charge is 0.225 e. The van der Waals surface area contributed by atoms with E-state index in [2.05, 4.69) is 11.4 Å². The predicted molar refractivity (Wildman–Crippen MR) is 71.7 cm³/mol. The van der Waals surface area contributed by atoms with Crippen molar-refractivity contribution in [2.45, 2.75) is 39.7 Å². The van der Waals surface area contributed by atoms with Gasteiger partial charge in [0.2, 0.25) is 5.91 Å². The van der Waals surface area contributed by atoms with E-state index in [1.807, 2.05) is 20.8 Å². The number of carbonyl (C=O) groups excluding carboxylic acids is 1. The van der Waals surface area contributed by atoms with Gasteiger partial charge in [-0.25, -0.2) is 4.39 Å². The van der Waals surface area contributed by atoms with Crippen LogP contribution in [-0.4, -0.2) is 11.4 Å². The standard InChI is InChI=1S/C15H19FN2O/c1-14(2,3)15(4,10-17)18-13(19)9-11-5-7-12(16)8-6-11/h5-8H,9H2,1-4H3,(H,18,19)/t15-/m1/s1. The van der Waals surface area contributed by atoms with Crippen LogP contribution in [0.1, 0.15) is 33.3 Å². The topological polar surface area (TPSA) is 52.9 Å². The molecule has 1 rings (SSSR count). The van der Waals surface area contributed by atoms with Crippen LogP contribution in [0.15, 0.2) is 24.3 Å². The van der Waals surface area contributed by atoms with Crippen molar-refractivity contribution in [3.8, 4) is 6.07 Å². The van der Waals surface area contributed by atoms with Crippen molar-refractivity contribution in [2.24, 2.45) is 5.41 Å². The highest BCUT2D eigenvalue weighted by atomic mass is 19.1. The summed E-state index contributed by atoms with van der Waals surface area (Å²) in [5, 5.41) is 12.0. The van der Waals surface area contributed by atoms with Crippen molar-refractivity contribution in [1.82, 2.24) is 5.32 Å². The minimum Gasteiger partial charge on any atom is -0.337 e. The second kappa shape index (κ2) is 5.40. The van der Waals surface area contributed by atoms with Crippen LogP contribution in [0.5, 0.6) is 0 Å². The molecule has 0 spiro atoms. The molecular formula is C15H19FN2O. The fraction of sp³-hybridized carbons (Fsp3) is 0.467. The van der Waals surface area contributed by atoms with E-state index in [1.165, 1.54) is 12.1 Å². The highest BCUT2D eigenvalue weighted by Crippen LogP contribution is 2.29. The van der Waals surface area contributed by atoms with E-state index in [0.717, 1.165) is 0 Å². The SMILES string of the molecule is CC(C)(C)[C@@](C)(C#N)NC(=O)Cc1ccc(F)cc1. The summed E-state index contributed by atoms with van der Waals surface area (Å²) in [5.74, 6) is -0.578. The largest absolute Gasteiger partial charge is 0.337 e. The first-order valence-electron chi connectivity index (χ1n) is 6.15. The van der Waals surface area contributed by atoms with Gasteiger partial charge in [-0.05, 0) is 30.0 Å². The molecule has 0 fully saturated rings.